The van der Waals surface area contributed by atoms with Gasteiger partial charge >= 0.3 is 11.8 Å². The summed E-state index contributed by atoms with van der Waals surface area (Å²) >= 11 is 0. The van der Waals surface area contributed by atoms with Gasteiger partial charge in [0.05, 0.1) is 6.61 Å². The first-order valence-electron chi connectivity index (χ1n) is 11.1. The highest BCUT2D eigenvalue weighted by Gasteiger charge is 2.25. The Kier molecular flexibility index (Phi) is 8.47. The summed E-state index contributed by atoms with van der Waals surface area (Å²) in [4.78, 5) is 26.7. The van der Waals surface area contributed by atoms with E-state index in [1.54, 1.807) is 24.3 Å². The number of amides is 2. The zero-order valence-electron chi connectivity index (χ0n) is 18.5. The molecule has 0 heterocycles. The van der Waals surface area contributed by atoms with Crippen molar-refractivity contribution >= 4 is 17.5 Å². The number of rotatable bonds is 8. The number of ether oxygens (including phenoxy) is 1. The van der Waals surface area contributed by atoms with E-state index in [4.69, 9.17) is 4.74 Å². The molecule has 0 aliphatic heterocycles. The number of nitrogens with one attached hydrogen (secondary N) is 2. The van der Waals surface area contributed by atoms with E-state index in [9.17, 15) is 9.59 Å². The molecule has 1 saturated carbocycles. The molecular formula is C25H33N3O3. The Labute approximate surface area is 185 Å². The Morgan fingerprint density at radius 2 is 1.61 bits per heavy atom. The normalized spacial score (nSPS) is 18.4. The lowest BCUT2D eigenvalue weighted by Gasteiger charge is -2.29. The van der Waals surface area contributed by atoms with Gasteiger partial charge in [-0.1, -0.05) is 30.3 Å². The van der Waals surface area contributed by atoms with Crippen molar-refractivity contribution in [2.75, 3.05) is 32.6 Å². The van der Waals surface area contributed by atoms with Crippen LogP contribution in [-0.4, -0.2) is 50.0 Å². The number of anilines is 1. The van der Waals surface area contributed by atoms with Crippen LogP contribution in [0, 0.1) is 0 Å². The van der Waals surface area contributed by atoms with Crippen molar-refractivity contribution in [2.24, 2.45) is 0 Å². The fourth-order valence-electron chi connectivity index (χ4n) is 3.94. The van der Waals surface area contributed by atoms with Crippen LogP contribution in [-0.2, 0) is 9.59 Å². The van der Waals surface area contributed by atoms with Gasteiger partial charge in [0, 0.05) is 18.3 Å². The SMILES string of the molecule is CN(C)CCCOc1ccc(NC(=O)C(=O)NC2CCC(c3ccccc3)CC2)cc1. The minimum absolute atomic E-state index is 0.0520. The molecule has 0 atom stereocenters. The topological polar surface area (TPSA) is 70.7 Å². The predicted octanol–water partition coefficient (Wildman–Crippen LogP) is 3.80. The van der Waals surface area contributed by atoms with Crippen LogP contribution >= 0.6 is 0 Å². The van der Waals surface area contributed by atoms with Gasteiger partial charge in [0.25, 0.3) is 0 Å². The molecule has 2 N–H and O–H groups in total. The number of carbonyl (C=O) groups is 2. The van der Waals surface area contributed by atoms with Crippen molar-refractivity contribution in [1.29, 1.82) is 0 Å². The molecule has 0 unspecified atom stereocenters. The Morgan fingerprint density at radius 3 is 2.26 bits per heavy atom. The third-order valence-electron chi connectivity index (χ3n) is 5.67. The van der Waals surface area contributed by atoms with E-state index >= 15 is 0 Å². The average Bonchev–Trinajstić information content (AvgIpc) is 2.78. The first-order chi connectivity index (χ1) is 15.0. The van der Waals surface area contributed by atoms with Gasteiger partial charge < -0.3 is 20.3 Å². The van der Waals surface area contributed by atoms with Gasteiger partial charge in [-0.2, -0.15) is 0 Å². The zero-order valence-corrected chi connectivity index (χ0v) is 18.5. The molecule has 2 aromatic rings. The van der Waals surface area contributed by atoms with Crippen LogP contribution in [0.2, 0.25) is 0 Å². The zero-order chi connectivity index (χ0) is 22.1. The lowest BCUT2D eigenvalue weighted by Crippen LogP contribution is -2.43. The van der Waals surface area contributed by atoms with E-state index < -0.39 is 11.8 Å². The second kappa shape index (κ2) is 11.5. The second-order valence-electron chi connectivity index (χ2n) is 8.42. The molecular weight excluding hydrogens is 390 g/mol. The van der Waals surface area contributed by atoms with Crippen molar-refractivity contribution < 1.29 is 14.3 Å². The van der Waals surface area contributed by atoms with Crippen molar-refractivity contribution in [3.05, 3.63) is 60.2 Å². The lowest BCUT2D eigenvalue weighted by atomic mass is 9.82. The van der Waals surface area contributed by atoms with Crippen LogP contribution in [0.4, 0.5) is 5.69 Å². The van der Waals surface area contributed by atoms with E-state index in [-0.39, 0.29) is 6.04 Å². The number of benzene rings is 2. The fourth-order valence-corrected chi connectivity index (χ4v) is 3.94. The van der Waals surface area contributed by atoms with E-state index in [0.717, 1.165) is 44.4 Å². The minimum atomic E-state index is -0.634. The minimum Gasteiger partial charge on any atom is -0.494 e. The van der Waals surface area contributed by atoms with Crippen LogP contribution in [0.3, 0.4) is 0 Å². The molecule has 0 radical (unpaired) electrons. The van der Waals surface area contributed by atoms with Gasteiger partial charge in [-0.3, -0.25) is 9.59 Å². The molecule has 0 spiro atoms. The molecule has 2 amide bonds. The Balaban J connectivity index is 1.39. The maximum absolute atomic E-state index is 12.3. The largest absolute Gasteiger partial charge is 0.494 e. The van der Waals surface area contributed by atoms with Crippen LogP contribution in [0.15, 0.2) is 54.6 Å². The van der Waals surface area contributed by atoms with Gasteiger partial charge in [-0.05, 0) is 81.9 Å². The highest BCUT2D eigenvalue weighted by Crippen LogP contribution is 2.32. The summed E-state index contributed by atoms with van der Waals surface area (Å²) in [5, 5.41) is 5.55. The summed E-state index contributed by atoms with van der Waals surface area (Å²) in [7, 11) is 4.06. The van der Waals surface area contributed by atoms with Gasteiger partial charge in [0.2, 0.25) is 0 Å². The van der Waals surface area contributed by atoms with Gasteiger partial charge in [-0.25, -0.2) is 0 Å². The summed E-state index contributed by atoms with van der Waals surface area (Å²) in [6.45, 7) is 1.61. The third-order valence-corrected chi connectivity index (χ3v) is 5.67. The number of carbonyl (C=O) groups excluding carboxylic acids is 2. The molecule has 1 fully saturated rings. The monoisotopic (exact) mass is 423 g/mol. The number of hydrogen-bond donors (Lipinski definition) is 2. The molecule has 0 saturated heterocycles. The number of hydrogen-bond acceptors (Lipinski definition) is 4. The van der Waals surface area contributed by atoms with Crippen LogP contribution in [0.25, 0.3) is 0 Å². The van der Waals surface area contributed by atoms with Gasteiger partial charge in [-0.15, -0.1) is 0 Å². The van der Waals surface area contributed by atoms with Gasteiger partial charge in [0.1, 0.15) is 5.75 Å². The maximum Gasteiger partial charge on any atom is 0.313 e. The first-order valence-corrected chi connectivity index (χ1v) is 11.1. The van der Waals surface area contributed by atoms with Crippen molar-refractivity contribution in [2.45, 2.75) is 44.1 Å². The first kappa shape index (κ1) is 22.8. The van der Waals surface area contributed by atoms with Gasteiger partial charge in [0.15, 0.2) is 0 Å². The number of nitrogens with zero attached hydrogens (tertiary/aromatic N) is 1. The smallest absolute Gasteiger partial charge is 0.313 e. The molecule has 1 aliphatic rings. The molecule has 0 aromatic heterocycles. The fraction of sp³-hybridized carbons (Fsp3) is 0.440. The molecule has 1 aliphatic carbocycles. The maximum atomic E-state index is 12.3. The quantitative estimate of drug-likeness (QED) is 0.501. The molecule has 6 heteroatoms. The molecule has 3 rings (SSSR count). The molecule has 166 valence electrons. The molecule has 6 nitrogen and oxygen atoms in total. The van der Waals surface area contributed by atoms with E-state index in [2.05, 4.69) is 39.8 Å². The third kappa shape index (κ3) is 7.40. The van der Waals surface area contributed by atoms with E-state index in [1.165, 1.54) is 5.56 Å². The second-order valence-corrected chi connectivity index (χ2v) is 8.42. The molecule has 0 bridgehead atoms. The van der Waals surface area contributed by atoms with E-state index in [0.29, 0.717) is 18.2 Å². The van der Waals surface area contributed by atoms with Crippen LogP contribution < -0.4 is 15.4 Å². The Morgan fingerprint density at radius 1 is 0.935 bits per heavy atom. The summed E-state index contributed by atoms with van der Waals surface area (Å²) in [6.07, 6.45) is 4.76. The predicted molar refractivity (Wildman–Crippen MR) is 123 cm³/mol. The summed E-state index contributed by atoms with van der Waals surface area (Å²) in [5.41, 5.74) is 1.93. The van der Waals surface area contributed by atoms with Crippen molar-refractivity contribution in [3.8, 4) is 5.75 Å². The highest BCUT2D eigenvalue weighted by atomic mass is 16.5. The van der Waals surface area contributed by atoms with Crippen molar-refractivity contribution in [1.82, 2.24) is 10.2 Å². The van der Waals surface area contributed by atoms with Crippen LogP contribution in [0.1, 0.15) is 43.6 Å². The Bertz CT molecular complexity index is 829. The highest BCUT2D eigenvalue weighted by molar-refractivity contribution is 6.39. The standard InChI is InChI=1S/C25H33N3O3/c1-28(2)17-6-18-31-23-15-13-22(14-16-23)27-25(30)24(29)26-21-11-9-20(10-12-21)19-7-4-3-5-8-19/h3-5,7-8,13-16,20-21H,6,9-12,17-18H2,1-2H3,(H,26,29)(H,27,30). The lowest BCUT2D eigenvalue weighted by molar-refractivity contribution is -0.136. The summed E-state index contributed by atoms with van der Waals surface area (Å²) in [6, 6.07) is 17.6. The molecule has 2 aromatic carbocycles. The summed E-state index contributed by atoms with van der Waals surface area (Å²) < 4.78 is 5.69. The molecule has 31 heavy (non-hydrogen) atoms. The Hall–Kier alpha value is -2.86. The van der Waals surface area contributed by atoms with Crippen molar-refractivity contribution in [3.63, 3.8) is 0 Å². The van der Waals surface area contributed by atoms with Crippen LogP contribution in [0.5, 0.6) is 5.75 Å². The van der Waals surface area contributed by atoms with E-state index in [1.807, 2.05) is 20.2 Å². The summed E-state index contributed by atoms with van der Waals surface area (Å²) in [5.74, 6) is 0.0696. The average molecular weight is 424 g/mol.